The van der Waals surface area contributed by atoms with Crippen molar-refractivity contribution in [3.63, 3.8) is 0 Å². The van der Waals surface area contributed by atoms with Crippen LogP contribution >= 0.6 is 0 Å². The first-order chi connectivity index (χ1) is 9.93. The normalized spacial score (nSPS) is 19.8. The van der Waals surface area contributed by atoms with Gasteiger partial charge in [-0.1, -0.05) is 31.7 Å². The van der Waals surface area contributed by atoms with Crippen LogP contribution in [0.2, 0.25) is 0 Å². The summed E-state index contributed by atoms with van der Waals surface area (Å²) in [5, 5.41) is 3.21. The minimum atomic E-state index is -1.33. The smallest absolute Gasteiger partial charge is 0.242 e. The van der Waals surface area contributed by atoms with Crippen molar-refractivity contribution in [1.82, 2.24) is 5.32 Å². The molecular formula is C16H22F2N2O. The van der Waals surface area contributed by atoms with E-state index in [2.05, 4.69) is 5.32 Å². The van der Waals surface area contributed by atoms with Gasteiger partial charge in [-0.05, 0) is 25.8 Å². The summed E-state index contributed by atoms with van der Waals surface area (Å²) in [6.45, 7) is 1.57. The van der Waals surface area contributed by atoms with E-state index in [0.717, 1.165) is 37.8 Å². The van der Waals surface area contributed by atoms with E-state index in [4.69, 9.17) is 5.73 Å². The second-order valence-electron chi connectivity index (χ2n) is 5.95. The molecule has 0 radical (unpaired) electrons. The molecule has 0 bridgehead atoms. The van der Waals surface area contributed by atoms with Gasteiger partial charge in [0.1, 0.15) is 17.2 Å². The fourth-order valence-electron chi connectivity index (χ4n) is 3.01. The van der Waals surface area contributed by atoms with E-state index in [1.165, 1.54) is 18.9 Å². The van der Waals surface area contributed by atoms with E-state index in [1.54, 1.807) is 6.92 Å². The van der Waals surface area contributed by atoms with Gasteiger partial charge in [0.25, 0.3) is 0 Å². The average Bonchev–Trinajstić information content (AvgIpc) is 2.66. The molecular weight excluding hydrogens is 274 g/mol. The van der Waals surface area contributed by atoms with Crippen molar-refractivity contribution in [3.8, 4) is 0 Å². The predicted octanol–water partition coefficient (Wildman–Crippen LogP) is 2.98. The molecule has 1 saturated carbocycles. The van der Waals surface area contributed by atoms with Crippen LogP contribution < -0.4 is 11.1 Å². The number of hydrogen-bond donors (Lipinski definition) is 2. The summed E-state index contributed by atoms with van der Waals surface area (Å²) in [6, 6.07) is 3.34. The highest BCUT2D eigenvalue weighted by molar-refractivity contribution is 5.85. The van der Waals surface area contributed by atoms with E-state index in [-0.39, 0.29) is 11.6 Å². The zero-order chi connectivity index (χ0) is 15.5. The van der Waals surface area contributed by atoms with Crippen LogP contribution in [0.5, 0.6) is 0 Å². The highest BCUT2D eigenvalue weighted by Gasteiger charge is 2.37. The van der Waals surface area contributed by atoms with Gasteiger partial charge in [0, 0.05) is 17.7 Å². The summed E-state index contributed by atoms with van der Waals surface area (Å²) in [7, 11) is 0. The van der Waals surface area contributed by atoms with E-state index in [1.807, 2.05) is 0 Å². The van der Waals surface area contributed by atoms with Gasteiger partial charge in [-0.2, -0.15) is 0 Å². The molecule has 1 aliphatic rings. The number of carbonyl (C=O) groups is 1. The first kappa shape index (κ1) is 15.9. The summed E-state index contributed by atoms with van der Waals surface area (Å²) in [5.41, 5.74) is 4.28. The van der Waals surface area contributed by atoms with Crippen molar-refractivity contribution in [2.45, 2.75) is 57.0 Å². The molecule has 1 aliphatic carbocycles. The number of benzene rings is 1. The fourth-order valence-corrected chi connectivity index (χ4v) is 3.01. The number of primary amides is 1. The SMILES string of the molecule is CC(NC1CCCCCC1)(C(N)=O)c1ccc(F)cc1F. The zero-order valence-electron chi connectivity index (χ0n) is 12.3. The molecule has 1 aromatic rings. The van der Waals surface area contributed by atoms with Crippen molar-refractivity contribution >= 4 is 5.91 Å². The van der Waals surface area contributed by atoms with Crippen LogP contribution in [0.15, 0.2) is 18.2 Å². The van der Waals surface area contributed by atoms with Crippen molar-refractivity contribution in [2.75, 3.05) is 0 Å². The molecule has 0 saturated heterocycles. The predicted molar refractivity (Wildman–Crippen MR) is 77.5 cm³/mol. The van der Waals surface area contributed by atoms with Gasteiger partial charge in [-0.15, -0.1) is 0 Å². The number of nitrogens with two attached hydrogens (primary N) is 1. The average molecular weight is 296 g/mol. The molecule has 1 aromatic carbocycles. The Morgan fingerprint density at radius 2 is 1.86 bits per heavy atom. The van der Waals surface area contributed by atoms with Gasteiger partial charge in [-0.25, -0.2) is 8.78 Å². The Balaban J connectivity index is 2.28. The van der Waals surface area contributed by atoms with E-state index in [0.29, 0.717) is 0 Å². The third-order valence-corrected chi connectivity index (χ3v) is 4.31. The summed E-state index contributed by atoms with van der Waals surface area (Å²) in [6.07, 6.45) is 6.39. The van der Waals surface area contributed by atoms with Gasteiger partial charge in [0.15, 0.2) is 0 Å². The van der Waals surface area contributed by atoms with Crippen molar-refractivity contribution in [1.29, 1.82) is 0 Å². The van der Waals surface area contributed by atoms with Crippen LogP contribution in [-0.2, 0) is 10.3 Å². The summed E-state index contributed by atoms with van der Waals surface area (Å²) < 4.78 is 27.1. The standard InChI is InChI=1S/C16H22F2N2O/c1-16(15(19)21,13-9-8-11(17)10-14(13)18)20-12-6-4-2-3-5-7-12/h8-10,12,20H,2-7H2,1H3,(H2,19,21). The minimum absolute atomic E-state index is 0.0978. The molecule has 2 rings (SSSR count). The van der Waals surface area contributed by atoms with Crippen LogP contribution in [0.3, 0.4) is 0 Å². The first-order valence-electron chi connectivity index (χ1n) is 7.46. The largest absolute Gasteiger partial charge is 0.368 e. The lowest BCUT2D eigenvalue weighted by atomic mass is 9.88. The molecule has 5 heteroatoms. The van der Waals surface area contributed by atoms with Crippen molar-refractivity contribution < 1.29 is 13.6 Å². The highest BCUT2D eigenvalue weighted by Crippen LogP contribution is 2.27. The van der Waals surface area contributed by atoms with Crippen LogP contribution in [0.25, 0.3) is 0 Å². The number of rotatable bonds is 4. The molecule has 1 unspecified atom stereocenters. The Kier molecular flexibility index (Phi) is 4.93. The maximum atomic E-state index is 14.1. The molecule has 0 aromatic heterocycles. The van der Waals surface area contributed by atoms with Gasteiger partial charge in [0.2, 0.25) is 5.91 Å². The van der Waals surface area contributed by atoms with Crippen LogP contribution in [-0.4, -0.2) is 11.9 Å². The molecule has 1 amide bonds. The third-order valence-electron chi connectivity index (χ3n) is 4.31. The van der Waals surface area contributed by atoms with Crippen LogP contribution in [0.1, 0.15) is 51.0 Å². The van der Waals surface area contributed by atoms with E-state index < -0.39 is 23.1 Å². The fraction of sp³-hybridized carbons (Fsp3) is 0.562. The molecule has 0 spiro atoms. The van der Waals surface area contributed by atoms with Gasteiger partial charge >= 0.3 is 0 Å². The van der Waals surface area contributed by atoms with Gasteiger partial charge in [-0.3, -0.25) is 10.1 Å². The highest BCUT2D eigenvalue weighted by atomic mass is 19.1. The molecule has 0 aliphatic heterocycles. The molecule has 3 N–H and O–H groups in total. The lowest BCUT2D eigenvalue weighted by Crippen LogP contribution is -2.54. The number of hydrogen-bond acceptors (Lipinski definition) is 2. The second-order valence-corrected chi connectivity index (χ2v) is 5.95. The lowest BCUT2D eigenvalue weighted by Gasteiger charge is -2.33. The molecule has 0 heterocycles. The quantitative estimate of drug-likeness (QED) is 0.839. The zero-order valence-corrected chi connectivity index (χ0v) is 12.3. The van der Waals surface area contributed by atoms with E-state index >= 15 is 0 Å². The summed E-state index contributed by atoms with van der Waals surface area (Å²) in [5.74, 6) is -2.08. The Labute approximate surface area is 123 Å². The van der Waals surface area contributed by atoms with Crippen LogP contribution in [0.4, 0.5) is 8.78 Å². The Bertz CT molecular complexity index is 513. The Morgan fingerprint density at radius 1 is 1.24 bits per heavy atom. The molecule has 1 atom stereocenters. The maximum Gasteiger partial charge on any atom is 0.242 e. The van der Waals surface area contributed by atoms with Gasteiger partial charge in [0.05, 0.1) is 0 Å². The van der Waals surface area contributed by atoms with Crippen molar-refractivity contribution in [2.24, 2.45) is 5.73 Å². The number of nitrogens with one attached hydrogen (secondary N) is 1. The minimum Gasteiger partial charge on any atom is -0.368 e. The maximum absolute atomic E-state index is 14.1. The molecule has 3 nitrogen and oxygen atoms in total. The first-order valence-corrected chi connectivity index (χ1v) is 7.46. The summed E-state index contributed by atoms with van der Waals surface area (Å²) in [4.78, 5) is 11.9. The number of halogens is 2. The molecule has 116 valence electrons. The van der Waals surface area contributed by atoms with Crippen LogP contribution in [0, 0.1) is 11.6 Å². The Hall–Kier alpha value is -1.49. The molecule has 1 fully saturated rings. The number of carbonyl (C=O) groups excluding carboxylic acids is 1. The lowest BCUT2D eigenvalue weighted by molar-refractivity contribution is -0.124. The van der Waals surface area contributed by atoms with E-state index in [9.17, 15) is 13.6 Å². The monoisotopic (exact) mass is 296 g/mol. The third kappa shape index (κ3) is 3.59. The second kappa shape index (κ2) is 6.52. The topological polar surface area (TPSA) is 55.1 Å². The molecule has 21 heavy (non-hydrogen) atoms. The Morgan fingerprint density at radius 3 is 2.38 bits per heavy atom. The number of amides is 1. The summed E-state index contributed by atoms with van der Waals surface area (Å²) >= 11 is 0. The van der Waals surface area contributed by atoms with Crippen molar-refractivity contribution in [3.05, 3.63) is 35.4 Å². The van der Waals surface area contributed by atoms with Gasteiger partial charge < -0.3 is 5.73 Å².